The largest absolute Gasteiger partial charge is 0.481 e. The molecular formula is C26H34FNO6. The van der Waals surface area contributed by atoms with Crippen molar-refractivity contribution in [3.63, 3.8) is 0 Å². The van der Waals surface area contributed by atoms with Gasteiger partial charge in [0.1, 0.15) is 5.82 Å². The molecule has 0 aliphatic rings. The van der Waals surface area contributed by atoms with Gasteiger partial charge in [-0.15, -0.1) is 0 Å². The van der Waals surface area contributed by atoms with Crippen LogP contribution in [0.4, 0.5) is 4.39 Å². The number of nitrogens with zero attached hydrogens (tertiary/aromatic N) is 1. The quantitative estimate of drug-likeness (QED) is 0.368. The molecule has 3 atom stereocenters. The van der Waals surface area contributed by atoms with Crippen LogP contribution in [0.5, 0.6) is 0 Å². The average Bonchev–Trinajstić information content (AvgIpc) is 2.77. The van der Waals surface area contributed by atoms with Gasteiger partial charge >= 0.3 is 5.97 Å². The van der Waals surface area contributed by atoms with Crippen LogP contribution in [0.1, 0.15) is 68.0 Å². The second-order valence-electron chi connectivity index (χ2n) is 8.74. The van der Waals surface area contributed by atoms with Crippen LogP contribution in [-0.4, -0.2) is 57.3 Å². The fraction of sp³-hybridized carbons (Fsp3) is 0.462. The van der Waals surface area contributed by atoms with Gasteiger partial charge in [0.25, 0.3) is 0 Å². The molecule has 0 spiro atoms. The molecule has 0 aliphatic heterocycles. The van der Waals surface area contributed by atoms with Gasteiger partial charge in [-0.2, -0.15) is 0 Å². The number of aromatic nitrogens is 1. The average molecular weight is 476 g/mol. The van der Waals surface area contributed by atoms with E-state index in [-0.39, 0.29) is 37.3 Å². The van der Waals surface area contributed by atoms with Gasteiger partial charge in [0.15, 0.2) is 0 Å². The van der Waals surface area contributed by atoms with Crippen LogP contribution >= 0.6 is 0 Å². The normalized spacial score (nSPS) is 14.5. The monoisotopic (exact) mass is 475 g/mol. The minimum atomic E-state index is -1.19. The Balaban J connectivity index is 2.72. The lowest BCUT2D eigenvalue weighted by Crippen LogP contribution is -2.19. The van der Waals surface area contributed by atoms with Gasteiger partial charge in [-0.05, 0) is 29.2 Å². The second-order valence-corrected chi connectivity index (χ2v) is 8.74. The molecule has 0 saturated carbocycles. The van der Waals surface area contributed by atoms with Crippen molar-refractivity contribution < 1.29 is 34.3 Å². The molecular weight excluding hydrogens is 441 g/mol. The first-order valence-corrected chi connectivity index (χ1v) is 11.3. The third-order valence-corrected chi connectivity index (χ3v) is 5.52. The van der Waals surface area contributed by atoms with E-state index < -0.39 is 24.6 Å². The first-order chi connectivity index (χ1) is 16.1. The van der Waals surface area contributed by atoms with Crippen molar-refractivity contribution in [1.29, 1.82) is 0 Å². The van der Waals surface area contributed by atoms with Crippen molar-refractivity contribution in [3.8, 4) is 11.1 Å². The number of aliphatic hydroxyl groups excluding tert-OH is 3. The lowest BCUT2D eigenvalue weighted by atomic mass is 9.86. The number of benzene rings is 1. The number of rotatable bonds is 12. The second kappa shape index (κ2) is 12.7. The molecule has 4 N–H and O–H groups in total. The van der Waals surface area contributed by atoms with Crippen LogP contribution in [0.25, 0.3) is 17.2 Å². The zero-order chi connectivity index (χ0) is 25.4. The molecule has 1 aromatic heterocycles. The van der Waals surface area contributed by atoms with Crippen LogP contribution < -0.4 is 0 Å². The van der Waals surface area contributed by atoms with E-state index in [2.05, 4.69) is 0 Å². The standard InChI is InChI=1S/C26H34FNO6/c1-15(2)25-21(10-9-19(30)11-20(31)12-23(32)33)24(17-5-7-18(27)8-6-17)22(14-34-4)26(28-25)16(3)13-29/h5-10,15-16,19-20,29-31H,11-14H2,1-4H3,(H,32,33)/b10-9+/t16?,19-,20-/m1/s1. The highest BCUT2D eigenvalue weighted by Gasteiger charge is 2.24. The van der Waals surface area contributed by atoms with Crippen LogP contribution in [0.3, 0.4) is 0 Å². The van der Waals surface area contributed by atoms with E-state index in [1.54, 1.807) is 25.3 Å². The van der Waals surface area contributed by atoms with Gasteiger partial charge in [0.05, 0.1) is 43.2 Å². The maximum atomic E-state index is 13.7. The highest BCUT2D eigenvalue weighted by atomic mass is 19.1. The summed E-state index contributed by atoms with van der Waals surface area (Å²) in [5.41, 5.74) is 4.34. The molecule has 7 nitrogen and oxygen atoms in total. The summed E-state index contributed by atoms with van der Waals surface area (Å²) in [6.45, 7) is 5.91. The summed E-state index contributed by atoms with van der Waals surface area (Å²) in [6.07, 6.45) is 0.323. The van der Waals surface area contributed by atoms with Crippen LogP contribution in [0.2, 0.25) is 0 Å². The van der Waals surface area contributed by atoms with Crippen molar-refractivity contribution in [2.45, 2.75) is 64.3 Å². The van der Waals surface area contributed by atoms with Gasteiger partial charge in [-0.25, -0.2) is 4.39 Å². The van der Waals surface area contributed by atoms with E-state index in [1.807, 2.05) is 20.8 Å². The number of halogens is 1. The van der Waals surface area contributed by atoms with Crippen molar-refractivity contribution in [3.05, 3.63) is 58.7 Å². The lowest BCUT2D eigenvalue weighted by Gasteiger charge is -2.24. The zero-order valence-corrected chi connectivity index (χ0v) is 20.0. The molecule has 0 saturated heterocycles. The molecule has 0 radical (unpaired) electrons. The van der Waals surface area contributed by atoms with E-state index in [4.69, 9.17) is 14.8 Å². The van der Waals surface area contributed by atoms with Crippen molar-refractivity contribution in [2.75, 3.05) is 13.7 Å². The lowest BCUT2D eigenvalue weighted by molar-refractivity contribution is -0.139. The predicted molar refractivity (Wildman–Crippen MR) is 128 cm³/mol. The third kappa shape index (κ3) is 7.17. The van der Waals surface area contributed by atoms with E-state index in [9.17, 15) is 24.5 Å². The third-order valence-electron chi connectivity index (χ3n) is 5.52. The Labute approximate surface area is 199 Å². The summed E-state index contributed by atoms with van der Waals surface area (Å²) in [6, 6.07) is 6.04. The summed E-state index contributed by atoms with van der Waals surface area (Å²) >= 11 is 0. The van der Waals surface area contributed by atoms with Gasteiger partial charge in [0.2, 0.25) is 0 Å². The van der Waals surface area contributed by atoms with Gasteiger partial charge in [-0.1, -0.05) is 45.1 Å². The Morgan fingerprint density at radius 2 is 1.79 bits per heavy atom. The van der Waals surface area contributed by atoms with Crippen molar-refractivity contribution in [1.82, 2.24) is 4.98 Å². The smallest absolute Gasteiger partial charge is 0.305 e. The van der Waals surface area contributed by atoms with Crippen LogP contribution in [0.15, 0.2) is 30.3 Å². The molecule has 1 unspecified atom stereocenters. The maximum absolute atomic E-state index is 13.7. The number of aliphatic carboxylic acids is 1. The number of methoxy groups -OCH3 is 1. The molecule has 1 aromatic carbocycles. The van der Waals surface area contributed by atoms with Crippen molar-refractivity contribution >= 4 is 12.0 Å². The molecule has 0 bridgehead atoms. The molecule has 8 heteroatoms. The SMILES string of the molecule is COCc1c(C(C)CO)nc(C(C)C)c(/C=C/[C@@H](O)C[C@@H](O)CC(=O)O)c1-c1ccc(F)cc1. The van der Waals surface area contributed by atoms with E-state index in [0.29, 0.717) is 11.3 Å². The molecule has 0 aliphatic carbocycles. The van der Waals surface area contributed by atoms with Gasteiger partial charge in [-0.3, -0.25) is 9.78 Å². The highest BCUT2D eigenvalue weighted by molar-refractivity contribution is 5.80. The molecule has 1 heterocycles. The fourth-order valence-corrected chi connectivity index (χ4v) is 3.87. The molecule has 34 heavy (non-hydrogen) atoms. The number of hydrogen-bond acceptors (Lipinski definition) is 6. The maximum Gasteiger partial charge on any atom is 0.305 e. The first-order valence-electron chi connectivity index (χ1n) is 11.3. The van der Waals surface area contributed by atoms with Crippen molar-refractivity contribution in [2.24, 2.45) is 0 Å². The molecule has 2 aromatic rings. The Hall–Kier alpha value is -2.65. The number of pyridine rings is 1. The number of hydrogen-bond donors (Lipinski definition) is 4. The van der Waals surface area contributed by atoms with E-state index in [1.165, 1.54) is 18.2 Å². The molecule has 2 rings (SSSR count). The minimum absolute atomic E-state index is 0.0187. The van der Waals surface area contributed by atoms with Gasteiger partial charge < -0.3 is 25.2 Å². The number of carboxylic acids is 1. The van der Waals surface area contributed by atoms with Crippen LogP contribution in [0, 0.1) is 5.82 Å². The predicted octanol–water partition coefficient (Wildman–Crippen LogP) is 3.85. The van der Waals surface area contributed by atoms with Crippen LogP contribution in [-0.2, 0) is 16.1 Å². The zero-order valence-electron chi connectivity index (χ0n) is 20.0. The highest BCUT2D eigenvalue weighted by Crippen LogP contribution is 2.38. The first kappa shape index (κ1) is 27.6. The van der Waals surface area contributed by atoms with E-state index in [0.717, 1.165) is 22.4 Å². The van der Waals surface area contributed by atoms with E-state index >= 15 is 0 Å². The number of carboxylic acid groups (broad SMARTS) is 1. The number of aliphatic hydroxyl groups is 3. The summed E-state index contributed by atoms with van der Waals surface area (Å²) in [4.78, 5) is 15.7. The van der Waals surface area contributed by atoms with Gasteiger partial charge in [0, 0.05) is 30.6 Å². The number of carbonyl (C=O) groups is 1. The Morgan fingerprint density at radius 1 is 1.15 bits per heavy atom. The topological polar surface area (TPSA) is 120 Å². The summed E-state index contributed by atoms with van der Waals surface area (Å²) in [5.74, 6) is -1.81. The Bertz CT molecular complexity index is 990. The summed E-state index contributed by atoms with van der Waals surface area (Å²) < 4.78 is 19.2. The minimum Gasteiger partial charge on any atom is -0.481 e. The molecule has 0 fully saturated rings. The number of ether oxygens (including phenoxy) is 1. The Kier molecular flexibility index (Phi) is 10.3. The Morgan fingerprint density at radius 3 is 2.32 bits per heavy atom. The summed E-state index contributed by atoms with van der Waals surface area (Å²) in [5, 5.41) is 39.0. The fourth-order valence-electron chi connectivity index (χ4n) is 3.87. The summed E-state index contributed by atoms with van der Waals surface area (Å²) in [7, 11) is 1.56. The molecule has 0 amide bonds. The molecule has 186 valence electrons.